The molecule has 0 bridgehead atoms. The summed E-state index contributed by atoms with van der Waals surface area (Å²) in [5.41, 5.74) is 0. The molecular formula is C6H18Ar. The van der Waals surface area contributed by atoms with E-state index >= 15 is 0 Å². The van der Waals surface area contributed by atoms with Gasteiger partial charge in [0.1, 0.15) is 0 Å². The maximum Gasteiger partial charge on any atom is 0 e. The molecule has 0 spiro atoms. The van der Waals surface area contributed by atoms with Crippen LogP contribution in [0.1, 0.15) is 41.5 Å². The van der Waals surface area contributed by atoms with Crippen molar-refractivity contribution in [1.29, 1.82) is 0 Å². The van der Waals surface area contributed by atoms with Crippen molar-refractivity contribution < 1.29 is 37.7 Å². The molecule has 0 rings (SSSR count). The van der Waals surface area contributed by atoms with Crippen molar-refractivity contribution in [2.24, 2.45) is 0 Å². The molecule has 0 amide bonds. The van der Waals surface area contributed by atoms with E-state index in [1.54, 1.807) is 0 Å². The minimum absolute atomic E-state index is 0. The van der Waals surface area contributed by atoms with Crippen LogP contribution in [0.5, 0.6) is 0 Å². The predicted molar refractivity (Wildman–Crippen MR) is 34.0 cm³/mol. The Labute approximate surface area is 78.7 Å². The van der Waals surface area contributed by atoms with E-state index in [4.69, 9.17) is 0 Å². The summed E-state index contributed by atoms with van der Waals surface area (Å²) in [6.45, 7) is 4.36. The van der Waals surface area contributed by atoms with Crippen LogP contribution in [0.4, 0.5) is 0 Å². The molecule has 0 saturated carbocycles. The second kappa shape index (κ2) is 26.8. The predicted octanol–water partition coefficient (Wildman–Crippen LogP) is 3.08. The van der Waals surface area contributed by atoms with E-state index in [9.17, 15) is 0 Å². The van der Waals surface area contributed by atoms with Gasteiger partial charge in [-0.05, 0) is 0 Å². The average molecular weight is 130 g/mol. The number of hydrogen-bond acceptors (Lipinski definition) is 0. The molecule has 0 aromatic carbocycles. The van der Waals surface area contributed by atoms with Crippen LogP contribution in [0, 0.1) is 37.7 Å². The van der Waals surface area contributed by atoms with Gasteiger partial charge in [0.2, 0.25) is 0 Å². The summed E-state index contributed by atoms with van der Waals surface area (Å²) in [5, 5.41) is 0. The molecule has 0 atom stereocenters. The molecule has 7 heavy (non-hydrogen) atoms. The molecule has 0 saturated heterocycles. The molecule has 0 N–H and O–H groups in total. The van der Waals surface area contributed by atoms with Crippen LogP contribution < -0.4 is 0 Å². The van der Waals surface area contributed by atoms with Crippen molar-refractivity contribution in [3.8, 4) is 0 Å². The molecule has 0 fully saturated rings. The van der Waals surface area contributed by atoms with Gasteiger partial charge in [-0.2, -0.15) is 0 Å². The summed E-state index contributed by atoms with van der Waals surface area (Å²) in [6, 6.07) is 0. The van der Waals surface area contributed by atoms with Crippen molar-refractivity contribution in [1.82, 2.24) is 0 Å². The summed E-state index contributed by atoms with van der Waals surface area (Å²) < 4.78 is 0. The number of hydrogen-bond donors (Lipinski definition) is 0. The molecule has 0 aromatic heterocycles. The van der Waals surface area contributed by atoms with E-state index in [2.05, 4.69) is 13.8 Å². The van der Waals surface area contributed by atoms with Gasteiger partial charge in [-0.15, -0.1) is 0 Å². The monoisotopic (exact) mass is 130 g/mol. The third-order valence-corrected chi connectivity index (χ3v) is 0.500. The molecule has 0 aliphatic rings. The molecule has 50 valence electrons. The van der Waals surface area contributed by atoms with Gasteiger partial charge >= 0.3 is 0 Å². The first-order valence-electron chi connectivity index (χ1n) is 1.91. The summed E-state index contributed by atoms with van der Waals surface area (Å²) in [7, 11) is 0. The summed E-state index contributed by atoms with van der Waals surface area (Å²) in [5.74, 6) is 0. The van der Waals surface area contributed by atoms with Gasteiger partial charge in [0.25, 0.3) is 0 Å². The quantitative estimate of drug-likeness (QED) is 0.511. The minimum atomic E-state index is 0. The van der Waals surface area contributed by atoms with Gasteiger partial charge in [0.15, 0.2) is 0 Å². The Kier molecular flexibility index (Phi) is 91.8. The Balaban J connectivity index is -0.0000000150. The van der Waals surface area contributed by atoms with Crippen LogP contribution >= 0.6 is 0 Å². The Morgan fingerprint density at radius 1 is 0.857 bits per heavy atom. The number of rotatable bonds is 1. The van der Waals surface area contributed by atoms with Crippen molar-refractivity contribution in [2.75, 3.05) is 0 Å². The maximum absolute atomic E-state index is 2.18. The third-order valence-electron chi connectivity index (χ3n) is 0.500. The molecule has 0 nitrogen and oxygen atoms in total. The fourth-order valence-electron chi connectivity index (χ4n) is 0. The van der Waals surface area contributed by atoms with Gasteiger partial charge in [-0.3, -0.25) is 0 Å². The van der Waals surface area contributed by atoms with E-state index in [1.807, 2.05) is 0 Å². The molecule has 0 heterocycles. The van der Waals surface area contributed by atoms with Crippen molar-refractivity contribution in [2.45, 2.75) is 41.5 Å². The Hall–Kier alpha value is 1.26. The maximum atomic E-state index is 2.18. The van der Waals surface area contributed by atoms with Crippen molar-refractivity contribution in [3.63, 3.8) is 0 Å². The first-order chi connectivity index (χ1) is 1.91. The van der Waals surface area contributed by atoms with E-state index in [0.29, 0.717) is 0 Å². The molecular weight excluding hydrogens is 112 g/mol. The van der Waals surface area contributed by atoms with E-state index < -0.39 is 0 Å². The first kappa shape index (κ1) is 24.0. The molecule has 1 heteroatoms. The van der Waals surface area contributed by atoms with Crippen LogP contribution in [-0.2, 0) is 0 Å². The standard InChI is InChI=1S/C4H10.2CH4.Ar/c1-3-4-2;;;/h3-4H2,1-2H3;2*1H4;. The zero-order chi connectivity index (χ0) is 3.41. The van der Waals surface area contributed by atoms with Crippen LogP contribution in [0.2, 0.25) is 0 Å². The van der Waals surface area contributed by atoms with Gasteiger partial charge in [-0.25, -0.2) is 0 Å². The smallest absolute Gasteiger partial charge is 0 e. The van der Waals surface area contributed by atoms with Crippen LogP contribution in [0.3, 0.4) is 0 Å². The fraction of sp³-hybridized carbons (Fsp3) is 1.00. The average Bonchev–Trinajstić information content (AvgIpc) is 1.37. The molecule has 0 aliphatic heterocycles. The van der Waals surface area contributed by atoms with Crippen LogP contribution in [0.15, 0.2) is 0 Å². The SMILES string of the molecule is C.C.CCCC.[Ar]. The van der Waals surface area contributed by atoms with Crippen molar-refractivity contribution >= 4 is 0 Å². The second-order valence-electron chi connectivity index (χ2n) is 1.000. The van der Waals surface area contributed by atoms with E-state index in [1.165, 1.54) is 12.8 Å². The second-order valence-corrected chi connectivity index (χ2v) is 1.000. The zero-order valence-electron chi connectivity index (χ0n) is 3.77. The topological polar surface area (TPSA) is 0 Å². The largest absolute Gasteiger partial charge is 0.0776 e. The Morgan fingerprint density at radius 2 is 1.00 bits per heavy atom. The first-order valence-corrected chi connectivity index (χ1v) is 1.91. The Morgan fingerprint density at radius 3 is 1.00 bits per heavy atom. The van der Waals surface area contributed by atoms with Crippen LogP contribution in [-0.4, -0.2) is 0 Å². The Bertz CT molecular complexity index is 6.14. The molecule has 0 unspecified atom stereocenters. The van der Waals surface area contributed by atoms with Crippen molar-refractivity contribution in [3.05, 3.63) is 0 Å². The molecule has 0 aliphatic carbocycles. The summed E-state index contributed by atoms with van der Waals surface area (Å²) >= 11 is 0. The van der Waals surface area contributed by atoms with Gasteiger partial charge < -0.3 is 0 Å². The zero-order valence-corrected chi connectivity index (χ0v) is 4.47. The summed E-state index contributed by atoms with van der Waals surface area (Å²) in [4.78, 5) is 0. The normalized spacial score (nSPS) is 4.29. The van der Waals surface area contributed by atoms with Gasteiger partial charge in [0, 0.05) is 37.7 Å². The number of unbranched alkanes of at least 4 members (excludes halogenated alkanes) is 1. The van der Waals surface area contributed by atoms with E-state index in [0.717, 1.165) is 0 Å². The minimum Gasteiger partial charge on any atom is -0.0776 e. The van der Waals surface area contributed by atoms with E-state index in [-0.39, 0.29) is 52.6 Å². The molecule has 0 radical (unpaired) electrons. The van der Waals surface area contributed by atoms with Gasteiger partial charge in [0.05, 0.1) is 0 Å². The fourth-order valence-corrected chi connectivity index (χ4v) is 0. The van der Waals surface area contributed by atoms with Crippen LogP contribution in [0.25, 0.3) is 0 Å². The van der Waals surface area contributed by atoms with Gasteiger partial charge in [-0.1, -0.05) is 41.5 Å². The summed E-state index contributed by atoms with van der Waals surface area (Å²) in [6.07, 6.45) is 2.64. The third kappa shape index (κ3) is 39.3. The molecule has 0 aromatic rings.